The minimum absolute atomic E-state index is 0.124. The second kappa shape index (κ2) is 7.34. The van der Waals surface area contributed by atoms with Gasteiger partial charge in [-0.25, -0.2) is 4.57 Å². The third kappa shape index (κ3) is 8.62. The first kappa shape index (κ1) is 14.0. The molecular formula is C7H17O6P. The van der Waals surface area contributed by atoms with Gasteiger partial charge in [-0.2, -0.15) is 0 Å². The number of phosphoric ester groups is 1. The molecule has 0 aliphatic rings. The summed E-state index contributed by atoms with van der Waals surface area (Å²) in [5.74, 6) is 0. The third-order valence-electron chi connectivity index (χ3n) is 1.47. The first-order valence-corrected chi connectivity index (χ1v) is 5.83. The van der Waals surface area contributed by atoms with Gasteiger partial charge in [0.1, 0.15) is 0 Å². The molecule has 1 unspecified atom stereocenters. The fourth-order valence-corrected chi connectivity index (χ4v) is 1.24. The molecular weight excluding hydrogens is 211 g/mol. The molecule has 0 saturated heterocycles. The van der Waals surface area contributed by atoms with E-state index in [1.807, 2.05) is 0 Å². The van der Waals surface area contributed by atoms with Gasteiger partial charge in [0.15, 0.2) is 0 Å². The van der Waals surface area contributed by atoms with E-state index in [9.17, 15) is 4.57 Å². The van der Waals surface area contributed by atoms with Crippen molar-refractivity contribution in [3.63, 3.8) is 0 Å². The number of phosphoric acid groups is 1. The van der Waals surface area contributed by atoms with Gasteiger partial charge in [-0.05, 0) is 13.3 Å². The van der Waals surface area contributed by atoms with Crippen LogP contribution in [0, 0.1) is 0 Å². The van der Waals surface area contributed by atoms with Crippen LogP contribution in [0.1, 0.15) is 13.3 Å². The Hall–Kier alpha value is 0.0300. The molecule has 0 aromatic carbocycles. The molecule has 0 amide bonds. The van der Waals surface area contributed by atoms with Gasteiger partial charge in [-0.3, -0.25) is 4.52 Å². The highest BCUT2D eigenvalue weighted by Gasteiger charge is 2.18. The van der Waals surface area contributed by atoms with E-state index in [4.69, 9.17) is 19.3 Å². The van der Waals surface area contributed by atoms with Gasteiger partial charge in [-0.15, -0.1) is 0 Å². The van der Waals surface area contributed by atoms with Crippen LogP contribution < -0.4 is 0 Å². The highest BCUT2D eigenvalue weighted by Crippen LogP contribution is 2.35. The average molecular weight is 228 g/mol. The van der Waals surface area contributed by atoms with Crippen LogP contribution in [0.3, 0.4) is 0 Å². The molecule has 0 spiro atoms. The molecule has 0 rings (SSSR count). The third-order valence-corrected chi connectivity index (χ3v) is 1.96. The molecule has 0 aromatic rings. The van der Waals surface area contributed by atoms with Gasteiger partial charge in [0.2, 0.25) is 0 Å². The zero-order valence-electron chi connectivity index (χ0n) is 8.38. The summed E-state index contributed by atoms with van der Waals surface area (Å²) in [5.41, 5.74) is 0. The zero-order valence-corrected chi connectivity index (χ0v) is 9.27. The van der Waals surface area contributed by atoms with Crippen molar-refractivity contribution >= 4 is 7.82 Å². The summed E-state index contributed by atoms with van der Waals surface area (Å²) in [4.78, 5) is 16.9. The Morgan fingerprint density at radius 3 is 2.50 bits per heavy atom. The monoisotopic (exact) mass is 228 g/mol. The summed E-state index contributed by atoms with van der Waals surface area (Å²) < 4.78 is 24.7. The molecule has 0 aliphatic heterocycles. The van der Waals surface area contributed by atoms with E-state index in [0.29, 0.717) is 19.6 Å². The van der Waals surface area contributed by atoms with Crippen molar-refractivity contribution in [3.05, 3.63) is 0 Å². The maximum atomic E-state index is 10.4. The van der Waals surface area contributed by atoms with Crippen molar-refractivity contribution in [2.24, 2.45) is 0 Å². The minimum Gasteiger partial charge on any atom is -0.385 e. The summed E-state index contributed by atoms with van der Waals surface area (Å²) >= 11 is 0. The summed E-state index contributed by atoms with van der Waals surface area (Å²) in [6.45, 7) is 2.62. The fraction of sp³-hybridized carbons (Fsp3) is 1.00. The molecule has 86 valence electrons. The highest BCUT2D eigenvalue weighted by atomic mass is 31.2. The Morgan fingerprint density at radius 1 is 1.43 bits per heavy atom. The fourth-order valence-electron chi connectivity index (χ4n) is 0.880. The van der Waals surface area contributed by atoms with E-state index in [1.54, 1.807) is 14.0 Å². The van der Waals surface area contributed by atoms with Gasteiger partial charge in [-0.1, -0.05) is 0 Å². The van der Waals surface area contributed by atoms with E-state index in [1.165, 1.54) is 0 Å². The highest BCUT2D eigenvalue weighted by molar-refractivity contribution is 7.46. The van der Waals surface area contributed by atoms with Crippen LogP contribution >= 0.6 is 7.82 Å². The second-order valence-electron chi connectivity index (χ2n) is 2.65. The van der Waals surface area contributed by atoms with E-state index in [0.717, 1.165) is 0 Å². The Balaban J connectivity index is 3.78. The van der Waals surface area contributed by atoms with Gasteiger partial charge < -0.3 is 19.3 Å². The molecule has 0 saturated carbocycles. The average Bonchev–Trinajstić information content (AvgIpc) is 2.08. The molecule has 0 bridgehead atoms. The molecule has 0 fully saturated rings. The molecule has 0 aromatic heterocycles. The number of ether oxygens (including phenoxy) is 2. The summed E-state index contributed by atoms with van der Waals surface area (Å²) in [7, 11) is -2.85. The SMILES string of the molecule is CCOC(CCOC)COP(=O)(O)O. The van der Waals surface area contributed by atoms with Gasteiger partial charge in [0.05, 0.1) is 12.7 Å². The normalized spacial score (nSPS) is 14.3. The number of hydrogen-bond acceptors (Lipinski definition) is 4. The van der Waals surface area contributed by atoms with Crippen LogP contribution in [0.5, 0.6) is 0 Å². The predicted molar refractivity (Wildman–Crippen MR) is 49.9 cm³/mol. The number of rotatable bonds is 8. The molecule has 2 N–H and O–H groups in total. The van der Waals surface area contributed by atoms with Crippen LogP contribution in [0.25, 0.3) is 0 Å². The Bertz CT molecular complexity index is 179. The van der Waals surface area contributed by atoms with Gasteiger partial charge in [0, 0.05) is 20.3 Å². The first-order chi connectivity index (χ1) is 6.49. The van der Waals surface area contributed by atoms with Crippen molar-refractivity contribution < 1.29 is 28.3 Å². The van der Waals surface area contributed by atoms with E-state index < -0.39 is 7.82 Å². The van der Waals surface area contributed by atoms with Crippen LogP contribution in [0.4, 0.5) is 0 Å². The summed E-state index contributed by atoms with van der Waals surface area (Å²) in [6, 6.07) is 0. The maximum Gasteiger partial charge on any atom is 0.469 e. The topological polar surface area (TPSA) is 85.2 Å². The molecule has 6 nitrogen and oxygen atoms in total. The van der Waals surface area contributed by atoms with Crippen molar-refractivity contribution in [2.75, 3.05) is 26.9 Å². The van der Waals surface area contributed by atoms with Crippen LogP contribution in [-0.2, 0) is 18.6 Å². The lowest BCUT2D eigenvalue weighted by molar-refractivity contribution is 0.000642. The molecule has 0 radical (unpaired) electrons. The predicted octanol–water partition coefficient (Wildman–Crippen LogP) is 0.537. The quantitative estimate of drug-likeness (QED) is 0.590. The number of hydrogen-bond donors (Lipinski definition) is 2. The molecule has 14 heavy (non-hydrogen) atoms. The van der Waals surface area contributed by atoms with Crippen molar-refractivity contribution in [1.82, 2.24) is 0 Å². The van der Waals surface area contributed by atoms with Crippen LogP contribution in [-0.4, -0.2) is 42.8 Å². The largest absolute Gasteiger partial charge is 0.469 e. The molecule has 0 aliphatic carbocycles. The van der Waals surface area contributed by atoms with Crippen LogP contribution in [0.2, 0.25) is 0 Å². The lowest BCUT2D eigenvalue weighted by Crippen LogP contribution is -2.21. The first-order valence-electron chi connectivity index (χ1n) is 4.30. The lowest BCUT2D eigenvalue weighted by Gasteiger charge is -2.16. The smallest absolute Gasteiger partial charge is 0.385 e. The van der Waals surface area contributed by atoms with E-state index in [-0.39, 0.29) is 12.7 Å². The van der Waals surface area contributed by atoms with Crippen LogP contribution in [0.15, 0.2) is 0 Å². The maximum absolute atomic E-state index is 10.4. The minimum atomic E-state index is -4.40. The number of methoxy groups -OCH3 is 1. The van der Waals surface area contributed by atoms with Gasteiger partial charge >= 0.3 is 7.82 Å². The summed E-state index contributed by atoms with van der Waals surface area (Å²) in [5, 5.41) is 0. The standard InChI is InChI=1S/C7H17O6P/c1-3-12-7(4-5-11-2)6-13-14(8,9)10/h7H,3-6H2,1-2H3,(H2,8,9,10). The summed E-state index contributed by atoms with van der Waals surface area (Å²) in [6.07, 6.45) is 0.206. The van der Waals surface area contributed by atoms with Crippen molar-refractivity contribution in [2.45, 2.75) is 19.4 Å². The second-order valence-corrected chi connectivity index (χ2v) is 3.88. The van der Waals surface area contributed by atoms with Crippen molar-refractivity contribution in [1.29, 1.82) is 0 Å². The lowest BCUT2D eigenvalue weighted by atomic mass is 10.3. The molecule has 0 heterocycles. The molecule has 7 heteroatoms. The Morgan fingerprint density at radius 2 is 2.07 bits per heavy atom. The zero-order chi connectivity index (χ0) is 11.0. The van der Waals surface area contributed by atoms with Crippen molar-refractivity contribution in [3.8, 4) is 0 Å². The van der Waals surface area contributed by atoms with Gasteiger partial charge in [0.25, 0.3) is 0 Å². The van der Waals surface area contributed by atoms with E-state index in [2.05, 4.69) is 4.52 Å². The molecule has 1 atom stereocenters. The Labute approximate surface area is 83.4 Å². The Kier molecular flexibility index (Phi) is 7.35. The van der Waals surface area contributed by atoms with E-state index >= 15 is 0 Å².